The van der Waals surface area contributed by atoms with Gasteiger partial charge in [0, 0.05) is 42.8 Å². The summed E-state index contributed by atoms with van der Waals surface area (Å²) in [6.07, 6.45) is 1.18. The number of aryl methyl sites for hydroxylation is 1. The van der Waals surface area contributed by atoms with Crippen molar-refractivity contribution in [2.45, 2.75) is 30.8 Å². The van der Waals surface area contributed by atoms with Crippen LogP contribution >= 0.6 is 0 Å². The number of hydrogen-bond acceptors (Lipinski definition) is 6. The maximum Gasteiger partial charge on any atom is 0.180 e. The second kappa shape index (κ2) is 7.56. The third kappa shape index (κ3) is 3.63. The minimum absolute atomic E-state index is 0.0897. The van der Waals surface area contributed by atoms with Crippen molar-refractivity contribution in [3.05, 3.63) is 59.7 Å². The van der Waals surface area contributed by atoms with Crippen LogP contribution in [0.25, 0.3) is 10.9 Å². The lowest BCUT2D eigenvalue weighted by Crippen LogP contribution is -2.47. The molecule has 7 heteroatoms. The average Bonchev–Trinajstić information content (AvgIpc) is 2.83. The van der Waals surface area contributed by atoms with Crippen molar-refractivity contribution < 1.29 is 8.42 Å². The van der Waals surface area contributed by atoms with Crippen LogP contribution in [0, 0.1) is 6.92 Å². The van der Waals surface area contributed by atoms with Gasteiger partial charge < -0.3 is 15.5 Å². The standard InChI is InChI=1S/C23H26N4O2S/c1-16-6-7-20-19(12-16)21(25-14-18-8-9-24-18)13-23(26-20)27-10-11-30(28,29)22-5-3-2-4-17(22)15-27/h2-7,12-13,18,24H,8-11,14-15H2,1H3,(H,25,26). The number of nitrogens with zero attached hydrogens (tertiary/aromatic N) is 2. The quantitative estimate of drug-likeness (QED) is 0.673. The maximum atomic E-state index is 12.7. The molecule has 2 aliphatic rings. The maximum absolute atomic E-state index is 12.7. The van der Waals surface area contributed by atoms with Gasteiger partial charge >= 0.3 is 0 Å². The minimum atomic E-state index is -3.29. The first-order chi connectivity index (χ1) is 14.5. The van der Waals surface area contributed by atoms with E-state index in [0.29, 0.717) is 24.0 Å². The van der Waals surface area contributed by atoms with Gasteiger partial charge in [-0.15, -0.1) is 0 Å². The second-order valence-electron chi connectivity index (χ2n) is 8.22. The third-order valence-electron chi connectivity index (χ3n) is 6.04. The van der Waals surface area contributed by atoms with Gasteiger partial charge in [-0.1, -0.05) is 29.8 Å². The summed E-state index contributed by atoms with van der Waals surface area (Å²) in [4.78, 5) is 7.42. The predicted octanol–water partition coefficient (Wildman–Crippen LogP) is 3.11. The van der Waals surface area contributed by atoms with Crippen molar-refractivity contribution in [2.75, 3.05) is 35.6 Å². The van der Waals surface area contributed by atoms with E-state index in [0.717, 1.165) is 41.1 Å². The zero-order valence-electron chi connectivity index (χ0n) is 17.1. The molecule has 0 saturated carbocycles. The Bertz CT molecular complexity index is 1210. The summed E-state index contributed by atoms with van der Waals surface area (Å²) in [6.45, 7) is 4.98. The molecule has 3 aromatic rings. The minimum Gasteiger partial charge on any atom is -0.383 e. The Morgan fingerprint density at radius 2 is 2.03 bits per heavy atom. The first kappa shape index (κ1) is 19.3. The average molecular weight is 423 g/mol. The van der Waals surface area contributed by atoms with E-state index in [-0.39, 0.29) is 5.75 Å². The Labute approximate surface area is 177 Å². The number of anilines is 2. The normalized spacial score (nSPS) is 20.3. The van der Waals surface area contributed by atoms with Crippen LogP contribution in [-0.2, 0) is 16.4 Å². The Hall–Kier alpha value is -2.64. The van der Waals surface area contributed by atoms with Crippen molar-refractivity contribution in [3.8, 4) is 0 Å². The highest BCUT2D eigenvalue weighted by molar-refractivity contribution is 7.91. The first-order valence-corrected chi connectivity index (χ1v) is 12.1. The molecule has 2 aliphatic heterocycles. The number of aromatic nitrogens is 1. The SMILES string of the molecule is Cc1ccc2nc(N3CCS(=O)(=O)c4ccccc4C3)cc(NCC3CCN3)c2c1. The van der Waals surface area contributed by atoms with E-state index in [2.05, 4.69) is 40.7 Å². The Kier molecular flexibility index (Phi) is 4.87. The molecule has 1 unspecified atom stereocenters. The molecule has 0 amide bonds. The van der Waals surface area contributed by atoms with Gasteiger partial charge in [0.15, 0.2) is 9.84 Å². The zero-order valence-corrected chi connectivity index (χ0v) is 17.9. The van der Waals surface area contributed by atoms with E-state index in [1.54, 1.807) is 12.1 Å². The molecule has 0 bridgehead atoms. The molecule has 1 atom stereocenters. The number of fused-ring (bicyclic) bond motifs is 2. The van der Waals surface area contributed by atoms with Gasteiger partial charge in [0.25, 0.3) is 0 Å². The third-order valence-corrected chi connectivity index (χ3v) is 7.83. The molecule has 2 aromatic carbocycles. The summed E-state index contributed by atoms with van der Waals surface area (Å²) in [6, 6.07) is 16.1. The lowest BCUT2D eigenvalue weighted by molar-refractivity contribution is 0.387. The van der Waals surface area contributed by atoms with Crippen LogP contribution in [0.5, 0.6) is 0 Å². The molecule has 6 nitrogen and oxygen atoms in total. The topological polar surface area (TPSA) is 74.3 Å². The van der Waals surface area contributed by atoms with Crippen LogP contribution in [0.2, 0.25) is 0 Å². The van der Waals surface area contributed by atoms with Gasteiger partial charge in [-0.2, -0.15) is 0 Å². The van der Waals surface area contributed by atoms with E-state index in [9.17, 15) is 8.42 Å². The van der Waals surface area contributed by atoms with Crippen LogP contribution in [0.1, 0.15) is 17.5 Å². The number of hydrogen-bond donors (Lipinski definition) is 2. The molecule has 30 heavy (non-hydrogen) atoms. The molecule has 3 heterocycles. The lowest BCUT2D eigenvalue weighted by Gasteiger charge is -2.29. The van der Waals surface area contributed by atoms with Crippen molar-refractivity contribution in [1.29, 1.82) is 0 Å². The predicted molar refractivity (Wildman–Crippen MR) is 121 cm³/mol. The molecule has 5 rings (SSSR count). The zero-order chi connectivity index (χ0) is 20.7. The Balaban J connectivity index is 1.54. The van der Waals surface area contributed by atoms with Gasteiger partial charge in [-0.3, -0.25) is 0 Å². The summed E-state index contributed by atoms with van der Waals surface area (Å²) >= 11 is 0. The molecular formula is C23H26N4O2S. The van der Waals surface area contributed by atoms with Crippen molar-refractivity contribution in [3.63, 3.8) is 0 Å². The Morgan fingerprint density at radius 1 is 1.20 bits per heavy atom. The van der Waals surface area contributed by atoms with Gasteiger partial charge in [-0.05, 0) is 43.7 Å². The molecule has 0 spiro atoms. The summed E-state index contributed by atoms with van der Waals surface area (Å²) in [5.41, 5.74) is 3.99. The number of nitrogens with one attached hydrogen (secondary N) is 2. The molecule has 0 radical (unpaired) electrons. The van der Waals surface area contributed by atoms with Crippen LogP contribution in [0.15, 0.2) is 53.4 Å². The van der Waals surface area contributed by atoms with Crippen molar-refractivity contribution in [1.82, 2.24) is 10.3 Å². The van der Waals surface area contributed by atoms with Crippen LogP contribution in [0.4, 0.5) is 11.5 Å². The highest BCUT2D eigenvalue weighted by Gasteiger charge is 2.26. The van der Waals surface area contributed by atoms with Gasteiger partial charge in [0.05, 0.1) is 16.2 Å². The second-order valence-corrected chi connectivity index (χ2v) is 10.3. The van der Waals surface area contributed by atoms with Crippen LogP contribution in [-0.4, -0.2) is 44.8 Å². The van der Waals surface area contributed by atoms with E-state index in [1.807, 2.05) is 18.2 Å². The summed E-state index contributed by atoms with van der Waals surface area (Å²) < 4.78 is 25.5. The highest BCUT2D eigenvalue weighted by Crippen LogP contribution is 2.31. The largest absolute Gasteiger partial charge is 0.383 e. The van der Waals surface area contributed by atoms with E-state index >= 15 is 0 Å². The number of benzene rings is 2. The number of pyridine rings is 1. The monoisotopic (exact) mass is 422 g/mol. The van der Waals surface area contributed by atoms with Gasteiger partial charge in [0.1, 0.15) is 5.82 Å². The molecule has 1 saturated heterocycles. The van der Waals surface area contributed by atoms with Crippen molar-refractivity contribution in [2.24, 2.45) is 0 Å². The van der Waals surface area contributed by atoms with Gasteiger partial charge in [-0.25, -0.2) is 13.4 Å². The number of rotatable bonds is 4. The number of sulfone groups is 1. The summed E-state index contributed by atoms with van der Waals surface area (Å²) in [5, 5.41) is 8.12. The molecule has 0 aliphatic carbocycles. The van der Waals surface area contributed by atoms with Crippen molar-refractivity contribution >= 4 is 32.2 Å². The van der Waals surface area contributed by atoms with E-state index in [4.69, 9.17) is 4.98 Å². The van der Waals surface area contributed by atoms with Gasteiger partial charge in [0.2, 0.25) is 0 Å². The van der Waals surface area contributed by atoms with Crippen LogP contribution in [0.3, 0.4) is 0 Å². The van der Waals surface area contributed by atoms with E-state index in [1.165, 1.54) is 12.0 Å². The summed E-state index contributed by atoms with van der Waals surface area (Å²) in [7, 11) is -3.29. The smallest absolute Gasteiger partial charge is 0.180 e. The summed E-state index contributed by atoms with van der Waals surface area (Å²) in [5.74, 6) is 0.897. The fourth-order valence-electron chi connectivity index (χ4n) is 4.15. The molecular weight excluding hydrogens is 396 g/mol. The van der Waals surface area contributed by atoms with Crippen LogP contribution < -0.4 is 15.5 Å². The molecule has 1 aromatic heterocycles. The Morgan fingerprint density at radius 3 is 2.83 bits per heavy atom. The first-order valence-electron chi connectivity index (χ1n) is 10.4. The highest BCUT2D eigenvalue weighted by atomic mass is 32.2. The fourth-order valence-corrected chi connectivity index (χ4v) is 5.65. The molecule has 156 valence electrons. The van der Waals surface area contributed by atoms with E-state index < -0.39 is 9.84 Å². The lowest BCUT2D eigenvalue weighted by atomic mass is 10.1. The molecule has 1 fully saturated rings. The molecule has 2 N–H and O–H groups in total. The fraction of sp³-hybridized carbons (Fsp3) is 0.348.